The Morgan fingerprint density at radius 1 is 1.21 bits per heavy atom. The van der Waals surface area contributed by atoms with E-state index in [0.717, 1.165) is 5.56 Å². The lowest BCUT2D eigenvalue weighted by Gasteiger charge is -2.16. The lowest BCUT2D eigenvalue weighted by atomic mass is 10.1. The summed E-state index contributed by atoms with van der Waals surface area (Å²) in [5.74, 6) is -0.151. The van der Waals surface area contributed by atoms with Gasteiger partial charge in [0.1, 0.15) is 0 Å². The number of aliphatic imine (C=N–C) groups is 1. The number of aryl methyl sites for hydroxylation is 1. The van der Waals surface area contributed by atoms with Crippen molar-refractivity contribution in [2.24, 2.45) is 4.99 Å². The fraction of sp³-hybridized carbons (Fsp3) is 0.238. The molecule has 29 heavy (non-hydrogen) atoms. The molecule has 8 heteroatoms. The van der Waals surface area contributed by atoms with Gasteiger partial charge in [-0.15, -0.1) is 0 Å². The molecule has 0 amide bonds. The molecule has 4 rings (SSSR count). The molecule has 1 aliphatic rings. The molecule has 1 aliphatic heterocycles. The van der Waals surface area contributed by atoms with E-state index in [2.05, 4.69) is 4.99 Å². The highest BCUT2D eigenvalue weighted by molar-refractivity contribution is 7.91. The number of pyridine rings is 1. The summed E-state index contributed by atoms with van der Waals surface area (Å²) in [6.45, 7) is 1.82. The molecular formula is C21H19ClN2O4S. The van der Waals surface area contributed by atoms with Crippen molar-refractivity contribution in [3.63, 3.8) is 0 Å². The van der Waals surface area contributed by atoms with Gasteiger partial charge in [0.05, 0.1) is 28.8 Å². The number of halogens is 1. The number of nitrogens with zero attached hydrogens (tertiary/aromatic N) is 2. The van der Waals surface area contributed by atoms with Crippen molar-refractivity contribution in [1.29, 1.82) is 0 Å². The van der Waals surface area contributed by atoms with E-state index in [4.69, 9.17) is 11.6 Å². The Balaban J connectivity index is 1.95. The molecule has 150 valence electrons. The number of aromatic hydroxyl groups is 1. The van der Waals surface area contributed by atoms with E-state index in [9.17, 15) is 18.3 Å². The lowest BCUT2D eigenvalue weighted by molar-refractivity contribution is 0.436. The topological polar surface area (TPSA) is 88.7 Å². The highest BCUT2D eigenvalue weighted by Crippen LogP contribution is 2.29. The predicted molar refractivity (Wildman–Crippen MR) is 116 cm³/mol. The first-order chi connectivity index (χ1) is 13.8. The Morgan fingerprint density at radius 3 is 2.62 bits per heavy atom. The van der Waals surface area contributed by atoms with Crippen LogP contribution in [0.25, 0.3) is 16.5 Å². The number of benzene rings is 2. The summed E-state index contributed by atoms with van der Waals surface area (Å²) in [5, 5.41) is 12.4. The monoisotopic (exact) mass is 430 g/mol. The van der Waals surface area contributed by atoms with Crippen molar-refractivity contribution < 1.29 is 13.5 Å². The van der Waals surface area contributed by atoms with Crippen molar-refractivity contribution >= 4 is 38.4 Å². The maximum Gasteiger partial charge on any atom is 0.265 e. The van der Waals surface area contributed by atoms with Crippen LogP contribution in [0, 0.1) is 6.92 Å². The van der Waals surface area contributed by atoms with Crippen molar-refractivity contribution in [3.05, 3.63) is 69.0 Å². The molecule has 2 aromatic carbocycles. The SMILES string of the molecule is Cc1ccc(Cl)cc1-n1c(O)c(C=N[C@H]2CCS(=O)(=O)C2)c2ccccc2c1=O. The van der Waals surface area contributed by atoms with Crippen LogP contribution in [-0.2, 0) is 9.84 Å². The zero-order chi connectivity index (χ0) is 20.8. The largest absolute Gasteiger partial charge is 0.494 e. The van der Waals surface area contributed by atoms with E-state index in [1.807, 2.05) is 6.92 Å². The average molecular weight is 431 g/mol. The van der Waals surface area contributed by atoms with E-state index >= 15 is 0 Å². The predicted octanol–water partition coefficient (Wildman–Crippen LogP) is 3.26. The van der Waals surface area contributed by atoms with Gasteiger partial charge in [0.25, 0.3) is 5.56 Å². The molecule has 0 spiro atoms. The summed E-state index contributed by atoms with van der Waals surface area (Å²) in [6, 6.07) is 11.7. The van der Waals surface area contributed by atoms with Crippen molar-refractivity contribution in [2.45, 2.75) is 19.4 Å². The molecule has 3 aromatic rings. The third-order valence-electron chi connectivity index (χ3n) is 5.14. The first kappa shape index (κ1) is 19.7. The summed E-state index contributed by atoms with van der Waals surface area (Å²) in [7, 11) is -3.07. The third kappa shape index (κ3) is 3.68. The van der Waals surface area contributed by atoms with Crippen LogP contribution in [0.3, 0.4) is 0 Å². The number of hydrogen-bond donors (Lipinski definition) is 1. The summed E-state index contributed by atoms with van der Waals surface area (Å²) in [6.07, 6.45) is 1.92. The highest BCUT2D eigenvalue weighted by atomic mass is 35.5. The quantitative estimate of drug-likeness (QED) is 0.646. The van der Waals surface area contributed by atoms with Gasteiger partial charge in [0.15, 0.2) is 9.84 Å². The Kier molecular flexibility index (Phi) is 4.96. The van der Waals surface area contributed by atoms with Crippen LogP contribution in [-0.4, -0.2) is 41.9 Å². The van der Waals surface area contributed by atoms with E-state index in [1.54, 1.807) is 42.5 Å². The van der Waals surface area contributed by atoms with Gasteiger partial charge >= 0.3 is 0 Å². The average Bonchev–Trinajstić information content (AvgIpc) is 3.03. The van der Waals surface area contributed by atoms with Crippen LogP contribution < -0.4 is 5.56 Å². The first-order valence-corrected chi connectivity index (χ1v) is 11.3. The Bertz CT molecular complexity index is 1310. The van der Waals surface area contributed by atoms with Crippen molar-refractivity contribution in [2.75, 3.05) is 11.5 Å². The summed E-state index contributed by atoms with van der Waals surface area (Å²) in [4.78, 5) is 17.5. The van der Waals surface area contributed by atoms with Gasteiger partial charge in [-0.2, -0.15) is 0 Å². The smallest absolute Gasteiger partial charge is 0.265 e. The zero-order valence-corrected chi connectivity index (χ0v) is 17.2. The minimum Gasteiger partial charge on any atom is -0.494 e. The number of rotatable bonds is 3. The van der Waals surface area contributed by atoms with Gasteiger partial charge in [0.2, 0.25) is 5.88 Å². The molecule has 0 bridgehead atoms. The van der Waals surface area contributed by atoms with Crippen LogP contribution in [0.2, 0.25) is 5.02 Å². The van der Waals surface area contributed by atoms with Crippen LogP contribution in [0.5, 0.6) is 5.88 Å². The maximum atomic E-state index is 13.1. The Labute approximate surface area is 173 Å². The van der Waals surface area contributed by atoms with Gasteiger partial charge in [-0.3, -0.25) is 9.79 Å². The molecule has 1 N–H and O–H groups in total. The minimum absolute atomic E-state index is 0.00473. The normalized spacial score (nSPS) is 18.6. The second-order valence-electron chi connectivity index (χ2n) is 7.19. The molecule has 1 saturated heterocycles. The molecular weight excluding hydrogens is 412 g/mol. The van der Waals surface area contributed by atoms with Crippen molar-refractivity contribution in [3.8, 4) is 11.6 Å². The van der Waals surface area contributed by atoms with Crippen LogP contribution in [0.15, 0.2) is 52.3 Å². The maximum absolute atomic E-state index is 13.1. The van der Waals surface area contributed by atoms with Gasteiger partial charge in [-0.05, 0) is 37.1 Å². The highest BCUT2D eigenvalue weighted by Gasteiger charge is 2.27. The summed E-state index contributed by atoms with van der Waals surface area (Å²) >= 11 is 6.12. The third-order valence-corrected chi connectivity index (χ3v) is 7.12. The van der Waals surface area contributed by atoms with Crippen LogP contribution in [0.4, 0.5) is 0 Å². The second kappa shape index (κ2) is 7.31. The molecule has 0 unspecified atom stereocenters. The molecule has 1 atom stereocenters. The van der Waals surface area contributed by atoms with Gasteiger partial charge in [-0.1, -0.05) is 35.9 Å². The Morgan fingerprint density at radius 2 is 1.93 bits per heavy atom. The van der Waals surface area contributed by atoms with E-state index in [1.165, 1.54) is 10.8 Å². The van der Waals surface area contributed by atoms with Crippen molar-refractivity contribution in [1.82, 2.24) is 4.57 Å². The molecule has 2 heterocycles. The number of aromatic nitrogens is 1. The zero-order valence-electron chi connectivity index (χ0n) is 15.7. The summed E-state index contributed by atoms with van der Waals surface area (Å²) < 4.78 is 24.6. The first-order valence-electron chi connectivity index (χ1n) is 9.14. The van der Waals surface area contributed by atoms with Gasteiger partial charge in [-0.25, -0.2) is 13.0 Å². The molecule has 1 fully saturated rings. The standard InChI is InChI=1S/C21H19ClN2O4S/c1-13-6-7-14(22)10-19(13)24-20(25)17-5-3-2-4-16(17)18(21(24)26)11-23-15-8-9-29(27,28)12-15/h2-7,10-11,15,26H,8-9,12H2,1H3/t15-/m0/s1. The fourth-order valence-electron chi connectivity index (χ4n) is 3.61. The number of fused-ring (bicyclic) bond motifs is 1. The molecule has 0 aliphatic carbocycles. The van der Waals surface area contributed by atoms with Gasteiger partial charge < -0.3 is 5.11 Å². The second-order valence-corrected chi connectivity index (χ2v) is 9.85. The van der Waals surface area contributed by atoms with E-state index in [0.29, 0.717) is 33.5 Å². The number of sulfone groups is 1. The fourth-order valence-corrected chi connectivity index (χ4v) is 5.41. The molecule has 1 aromatic heterocycles. The van der Waals surface area contributed by atoms with Gasteiger partial charge in [0, 0.05) is 22.0 Å². The van der Waals surface area contributed by atoms with E-state index < -0.39 is 9.84 Å². The molecule has 0 saturated carbocycles. The summed E-state index contributed by atoms with van der Waals surface area (Å²) in [5.41, 5.74) is 1.24. The minimum atomic E-state index is -3.07. The van der Waals surface area contributed by atoms with Crippen LogP contribution >= 0.6 is 11.6 Å². The lowest BCUT2D eigenvalue weighted by Crippen LogP contribution is -2.21. The van der Waals surface area contributed by atoms with Crippen LogP contribution in [0.1, 0.15) is 17.5 Å². The Hall–Kier alpha value is -2.64. The molecule has 6 nitrogen and oxygen atoms in total. The molecule has 0 radical (unpaired) electrons. The van der Waals surface area contributed by atoms with E-state index in [-0.39, 0.29) is 29.0 Å². The number of hydrogen-bond acceptors (Lipinski definition) is 5.